The molecule has 1 spiro atoms. The van der Waals surface area contributed by atoms with Crippen LogP contribution in [0, 0.1) is 16.2 Å². The van der Waals surface area contributed by atoms with Crippen LogP contribution in [0.1, 0.15) is 48.6 Å². The molecule has 6 rings (SSSR count). The Morgan fingerprint density at radius 2 is 1.86 bits per heavy atom. The molecule has 13 heteroatoms. The van der Waals surface area contributed by atoms with Crippen LogP contribution in [0.15, 0.2) is 65.8 Å². The summed E-state index contributed by atoms with van der Waals surface area (Å²) in [6.07, 6.45) is 7.25. The summed E-state index contributed by atoms with van der Waals surface area (Å²) in [6.45, 7) is 5.54. The minimum Gasteiger partial charge on any atom is -0.478 e. The second-order valence-electron chi connectivity index (χ2n) is 12.5. The summed E-state index contributed by atoms with van der Waals surface area (Å²) in [4.78, 5) is 45.9. The zero-order chi connectivity index (χ0) is 34.5. The molecule has 1 atom stereocenters. The van der Waals surface area contributed by atoms with Crippen LogP contribution in [0.4, 0.5) is 11.5 Å². The number of amidine groups is 1. The fraction of sp³-hybridized carbons (Fsp3) is 0.361. The molecule has 3 aliphatic heterocycles. The number of amides is 2. The molecule has 1 aromatic carbocycles. The zero-order valence-corrected chi connectivity index (χ0v) is 27.9. The molecule has 49 heavy (non-hydrogen) atoms. The van der Waals surface area contributed by atoms with E-state index in [0.717, 1.165) is 17.5 Å². The summed E-state index contributed by atoms with van der Waals surface area (Å²) < 4.78 is 5.41. The van der Waals surface area contributed by atoms with Gasteiger partial charge in [-0.15, -0.1) is 0 Å². The van der Waals surface area contributed by atoms with E-state index in [2.05, 4.69) is 31.3 Å². The molecular weight excluding hydrogens is 620 g/mol. The molecule has 0 bridgehead atoms. The summed E-state index contributed by atoms with van der Waals surface area (Å²) in [5, 5.41) is 19.6. The highest BCUT2D eigenvalue weighted by Gasteiger charge is 2.51. The maximum atomic E-state index is 13.9. The number of nitrogen functional groups attached to an aromatic ring is 1. The number of nitrogens with two attached hydrogens (primary N) is 1. The van der Waals surface area contributed by atoms with E-state index < -0.39 is 5.41 Å². The Bertz CT molecular complexity index is 1800. The Hall–Kier alpha value is -5.43. The van der Waals surface area contributed by atoms with Gasteiger partial charge in [0.1, 0.15) is 11.5 Å². The van der Waals surface area contributed by atoms with Crippen LogP contribution in [0.25, 0.3) is 5.57 Å². The predicted molar refractivity (Wildman–Crippen MR) is 190 cm³/mol. The molecule has 0 saturated carbocycles. The molecular formula is C36H42N10O3. The molecule has 0 unspecified atom stereocenters. The average molecular weight is 663 g/mol. The number of aliphatic imine (C=N–C) groups is 1. The van der Waals surface area contributed by atoms with Crippen LogP contribution in [-0.4, -0.2) is 102 Å². The minimum atomic E-state index is -0.564. The second kappa shape index (κ2) is 14.4. The number of likely N-dealkylation sites (tertiary alicyclic amines) is 1. The first kappa shape index (κ1) is 33.5. The van der Waals surface area contributed by atoms with Crippen LogP contribution < -0.4 is 20.7 Å². The number of nitrogens with zero attached hydrogens (tertiary/aromatic N) is 6. The Labute approximate surface area is 285 Å². The molecule has 2 aromatic heterocycles. The number of carbonyl (C=O) groups is 2. The van der Waals surface area contributed by atoms with Crippen molar-refractivity contribution in [3.8, 4) is 5.88 Å². The summed E-state index contributed by atoms with van der Waals surface area (Å²) in [5.74, 6) is 1.20. The van der Waals surface area contributed by atoms with Gasteiger partial charge in [0, 0.05) is 56.6 Å². The van der Waals surface area contributed by atoms with Gasteiger partial charge in [0.15, 0.2) is 5.84 Å². The van der Waals surface area contributed by atoms with Crippen LogP contribution >= 0.6 is 0 Å². The van der Waals surface area contributed by atoms with Crippen molar-refractivity contribution in [3.63, 3.8) is 0 Å². The van der Waals surface area contributed by atoms with Gasteiger partial charge in [0.2, 0.25) is 17.7 Å². The van der Waals surface area contributed by atoms with Gasteiger partial charge in [0.05, 0.1) is 36.3 Å². The van der Waals surface area contributed by atoms with Crippen molar-refractivity contribution in [2.45, 2.75) is 26.2 Å². The van der Waals surface area contributed by atoms with E-state index in [0.29, 0.717) is 80.8 Å². The monoisotopic (exact) mass is 662 g/mol. The Morgan fingerprint density at radius 1 is 1.08 bits per heavy atom. The number of carbonyl (C=O) groups excluding carboxylic acids is 2. The summed E-state index contributed by atoms with van der Waals surface area (Å²) in [7, 11) is 1.74. The normalized spacial score (nSPS) is 19.5. The molecule has 3 aliphatic rings. The largest absolute Gasteiger partial charge is 0.478 e. The number of rotatable bonds is 10. The Kier molecular flexibility index (Phi) is 9.81. The van der Waals surface area contributed by atoms with E-state index in [-0.39, 0.29) is 29.9 Å². The topological polar surface area (TPSA) is 177 Å². The number of hydrogen-bond donors (Lipinski definition) is 4. The van der Waals surface area contributed by atoms with Gasteiger partial charge in [-0.1, -0.05) is 30.3 Å². The lowest BCUT2D eigenvalue weighted by Crippen LogP contribution is -2.43. The number of benzene rings is 1. The number of aromatic nitrogens is 2. The molecule has 5 heterocycles. The van der Waals surface area contributed by atoms with E-state index in [4.69, 9.17) is 21.3 Å². The molecule has 0 radical (unpaired) electrons. The van der Waals surface area contributed by atoms with Gasteiger partial charge in [-0.25, -0.2) is 15.0 Å². The molecule has 2 amide bonds. The molecule has 254 valence electrons. The number of hydrogen-bond acceptors (Lipinski definition) is 9. The van der Waals surface area contributed by atoms with E-state index >= 15 is 0 Å². The highest BCUT2D eigenvalue weighted by Crippen LogP contribution is 2.42. The molecule has 2 fully saturated rings. The third-order valence-electron chi connectivity index (χ3n) is 9.46. The van der Waals surface area contributed by atoms with E-state index in [1.54, 1.807) is 42.4 Å². The van der Waals surface area contributed by atoms with Gasteiger partial charge < -0.3 is 20.7 Å². The van der Waals surface area contributed by atoms with E-state index in [9.17, 15) is 9.59 Å². The minimum absolute atomic E-state index is 0.000437. The highest BCUT2D eigenvalue weighted by molar-refractivity contribution is 6.13. The van der Waals surface area contributed by atoms with Crippen molar-refractivity contribution >= 4 is 46.8 Å². The first-order valence-corrected chi connectivity index (χ1v) is 16.6. The fourth-order valence-corrected chi connectivity index (χ4v) is 6.71. The lowest BCUT2D eigenvalue weighted by Gasteiger charge is -2.29. The number of anilines is 2. The Morgan fingerprint density at radius 3 is 2.55 bits per heavy atom. The predicted octanol–water partition coefficient (Wildman–Crippen LogP) is 3.19. The summed E-state index contributed by atoms with van der Waals surface area (Å²) in [6, 6.07) is 14.7. The van der Waals surface area contributed by atoms with Crippen LogP contribution in [0.3, 0.4) is 0 Å². The highest BCUT2D eigenvalue weighted by atomic mass is 16.5. The lowest BCUT2D eigenvalue weighted by molar-refractivity contribution is -0.132. The lowest BCUT2D eigenvalue weighted by atomic mass is 9.85. The Balaban J connectivity index is 1.05. The maximum Gasteiger partial charge on any atom is 0.237 e. The van der Waals surface area contributed by atoms with Crippen molar-refractivity contribution < 1.29 is 14.3 Å². The third-order valence-corrected chi connectivity index (χ3v) is 9.46. The van der Waals surface area contributed by atoms with Gasteiger partial charge >= 0.3 is 0 Å². The van der Waals surface area contributed by atoms with Crippen molar-refractivity contribution in [2.75, 3.05) is 63.6 Å². The first-order chi connectivity index (χ1) is 23.7. The van der Waals surface area contributed by atoms with E-state index in [1.807, 2.05) is 36.1 Å². The van der Waals surface area contributed by atoms with Crippen LogP contribution in [0.2, 0.25) is 0 Å². The molecule has 13 nitrogen and oxygen atoms in total. The van der Waals surface area contributed by atoms with Gasteiger partial charge in [0.25, 0.3) is 0 Å². The SMILES string of the molecule is CCOc1ccc(C(=N)c2nc(N3CC[C@]4(CCN(CC(=O)N5CC=C(c6ccc(C(=N)/N=C\NC)cc6)CC5)C4)C3=O)ccc2N)cn1. The summed E-state index contributed by atoms with van der Waals surface area (Å²) >= 11 is 0. The van der Waals surface area contributed by atoms with Gasteiger partial charge in [-0.2, -0.15) is 0 Å². The fourth-order valence-electron chi connectivity index (χ4n) is 6.71. The number of nitrogens with one attached hydrogen (secondary N) is 3. The van der Waals surface area contributed by atoms with Gasteiger partial charge in [-0.3, -0.25) is 30.2 Å². The van der Waals surface area contributed by atoms with Crippen molar-refractivity contribution in [3.05, 3.63) is 83.2 Å². The maximum absolute atomic E-state index is 13.9. The van der Waals surface area contributed by atoms with Crippen LogP contribution in [0.5, 0.6) is 5.88 Å². The first-order valence-electron chi connectivity index (χ1n) is 16.6. The van der Waals surface area contributed by atoms with Crippen molar-refractivity contribution in [1.82, 2.24) is 25.1 Å². The molecule has 3 aromatic rings. The quantitative estimate of drug-likeness (QED) is 0.189. The molecule has 5 N–H and O–H groups in total. The van der Waals surface area contributed by atoms with E-state index in [1.165, 1.54) is 11.9 Å². The molecule has 0 aliphatic carbocycles. The van der Waals surface area contributed by atoms with Crippen LogP contribution in [-0.2, 0) is 9.59 Å². The second-order valence-corrected chi connectivity index (χ2v) is 12.5. The number of pyridine rings is 2. The number of ether oxygens (including phenoxy) is 1. The molecule has 2 saturated heterocycles. The van der Waals surface area contributed by atoms with Crippen molar-refractivity contribution in [1.29, 1.82) is 10.8 Å². The van der Waals surface area contributed by atoms with Gasteiger partial charge in [-0.05, 0) is 62.1 Å². The zero-order valence-electron chi connectivity index (χ0n) is 27.9. The smallest absolute Gasteiger partial charge is 0.237 e. The average Bonchev–Trinajstić information content (AvgIpc) is 3.69. The third kappa shape index (κ3) is 7.07. The van der Waals surface area contributed by atoms with Crippen molar-refractivity contribution in [2.24, 2.45) is 10.4 Å². The summed E-state index contributed by atoms with van der Waals surface area (Å²) in [5.41, 5.74) is 9.98. The standard InChI is InChI=1S/C36H42N10O3/c1-3-49-30-11-8-27(20-41-30)32(38)33-28(37)9-10-29(43-33)46-19-15-36(35(46)48)14-18-44(22-36)21-31(47)45-16-12-25(13-17-45)24-4-6-26(7-5-24)34(39)42-23-40-2/h4-12,20,23,38H,3,13-19,21-22,37H2,1-2H3,(H2,39,40,42)/t36-/m0/s1.